The molecule has 1 aromatic rings. The van der Waals surface area contributed by atoms with Gasteiger partial charge in [-0.2, -0.15) is 0 Å². The molecule has 1 atom stereocenters. The lowest BCUT2D eigenvalue weighted by Crippen LogP contribution is -2.37. The number of carbonyl (C=O) groups is 1. The Bertz CT molecular complexity index is 391. The number of amides is 1. The molecule has 0 aromatic heterocycles. The van der Waals surface area contributed by atoms with E-state index in [2.05, 4.69) is 17.6 Å². The average molecular weight is 232 g/mol. The van der Waals surface area contributed by atoms with Gasteiger partial charge in [0.1, 0.15) is 0 Å². The van der Waals surface area contributed by atoms with Crippen molar-refractivity contribution in [3.8, 4) is 0 Å². The molecule has 1 aliphatic heterocycles. The molecule has 17 heavy (non-hydrogen) atoms. The summed E-state index contributed by atoms with van der Waals surface area (Å²) >= 11 is 0. The lowest BCUT2D eigenvalue weighted by molar-refractivity contribution is 0.0937. The fourth-order valence-corrected chi connectivity index (χ4v) is 2.12. The minimum Gasteiger partial charge on any atom is -0.351 e. The molecule has 2 rings (SSSR count). The number of rotatable bonds is 3. The van der Waals surface area contributed by atoms with Crippen molar-refractivity contribution in [3.63, 3.8) is 0 Å². The van der Waals surface area contributed by atoms with Crippen molar-refractivity contribution < 1.29 is 4.79 Å². The zero-order valence-corrected chi connectivity index (χ0v) is 10.5. The minimum atomic E-state index is 0.0260. The third-order valence-corrected chi connectivity index (χ3v) is 3.45. The van der Waals surface area contributed by atoms with Crippen LogP contribution in [0, 0.1) is 12.3 Å². The summed E-state index contributed by atoms with van der Waals surface area (Å²) in [6, 6.07) is 7.68. The summed E-state index contributed by atoms with van der Waals surface area (Å²) in [4.78, 5) is 11.9. The molecule has 1 fully saturated rings. The second-order valence-corrected chi connectivity index (χ2v) is 5.29. The van der Waals surface area contributed by atoms with Crippen LogP contribution < -0.4 is 10.6 Å². The van der Waals surface area contributed by atoms with Crippen LogP contribution in [0.2, 0.25) is 0 Å². The number of aryl methyl sites for hydroxylation is 1. The molecule has 1 saturated heterocycles. The SMILES string of the molecule is Cc1ccc(C(=O)NCC2(C)CCNC2)cc1. The summed E-state index contributed by atoms with van der Waals surface area (Å²) in [7, 11) is 0. The first-order valence-electron chi connectivity index (χ1n) is 6.15. The van der Waals surface area contributed by atoms with Crippen molar-refractivity contribution in [2.24, 2.45) is 5.41 Å². The first-order valence-corrected chi connectivity index (χ1v) is 6.15. The summed E-state index contributed by atoms with van der Waals surface area (Å²) in [6.45, 7) is 7.01. The summed E-state index contributed by atoms with van der Waals surface area (Å²) in [5.74, 6) is 0.0260. The number of hydrogen-bond donors (Lipinski definition) is 2. The molecule has 0 bridgehead atoms. The van der Waals surface area contributed by atoms with Crippen molar-refractivity contribution in [2.75, 3.05) is 19.6 Å². The minimum absolute atomic E-state index is 0.0260. The van der Waals surface area contributed by atoms with Crippen molar-refractivity contribution in [2.45, 2.75) is 20.3 Å². The van der Waals surface area contributed by atoms with Crippen molar-refractivity contribution in [1.29, 1.82) is 0 Å². The van der Waals surface area contributed by atoms with E-state index in [4.69, 9.17) is 0 Å². The fraction of sp³-hybridized carbons (Fsp3) is 0.500. The molecule has 3 heteroatoms. The number of nitrogens with one attached hydrogen (secondary N) is 2. The van der Waals surface area contributed by atoms with Gasteiger partial charge in [0.25, 0.3) is 5.91 Å². The molecule has 0 radical (unpaired) electrons. The van der Waals surface area contributed by atoms with E-state index in [9.17, 15) is 4.79 Å². The molecule has 0 saturated carbocycles. The van der Waals surface area contributed by atoms with E-state index < -0.39 is 0 Å². The third-order valence-electron chi connectivity index (χ3n) is 3.45. The van der Waals surface area contributed by atoms with E-state index in [0.29, 0.717) is 0 Å². The first kappa shape index (κ1) is 12.1. The van der Waals surface area contributed by atoms with Gasteiger partial charge in [-0.1, -0.05) is 24.6 Å². The van der Waals surface area contributed by atoms with Gasteiger partial charge in [-0.3, -0.25) is 4.79 Å². The predicted molar refractivity (Wildman–Crippen MR) is 69.1 cm³/mol. The van der Waals surface area contributed by atoms with Crippen molar-refractivity contribution >= 4 is 5.91 Å². The van der Waals surface area contributed by atoms with E-state index in [1.165, 1.54) is 5.56 Å². The Morgan fingerprint density at radius 1 is 1.41 bits per heavy atom. The summed E-state index contributed by atoms with van der Waals surface area (Å²) in [5, 5.41) is 6.35. The highest BCUT2D eigenvalue weighted by Crippen LogP contribution is 2.23. The Kier molecular flexibility index (Phi) is 3.48. The van der Waals surface area contributed by atoms with Crippen LogP contribution in [0.5, 0.6) is 0 Å². The Hall–Kier alpha value is -1.35. The van der Waals surface area contributed by atoms with Crippen LogP contribution in [-0.2, 0) is 0 Å². The lowest BCUT2D eigenvalue weighted by Gasteiger charge is -2.22. The first-order chi connectivity index (χ1) is 8.09. The average Bonchev–Trinajstić information content (AvgIpc) is 2.75. The zero-order valence-electron chi connectivity index (χ0n) is 10.5. The smallest absolute Gasteiger partial charge is 0.251 e. The molecule has 1 aliphatic rings. The second-order valence-electron chi connectivity index (χ2n) is 5.29. The van der Waals surface area contributed by atoms with Gasteiger partial charge in [-0.05, 0) is 37.4 Å². The van der Waals surface area contributed by atoms with Gasteiger partial charge in [0, 0.05) is 18.7 Å². The van der Waals surface area contributed by atoms with Gasteiger partial charge in [-0.15, -0.1) is 0 Å². The van der Waals surface area contributed by atoms with E-state index in [1.807, 2.05) is 31.2 Å². The van der Waals surface area contributed by atoms with E-state index in [0.717, 1.165) is 31.6 Å². The van der Waals surface area contributed by atoms with Crippen LogP contribution in [-0.4, -0.2) is 25.5 Å². The van der Waals surface area contributed by atoms with Gasteiger partial charge >= 0.3 is 0 Å². The van der Waals surface area contributed by atoms with Crippen LogP contribution in [0.3, 0.4) is 0 Å². The molecule has 0 aliphatic carbocycles. The molecule has 2 N–H and O–H groups in total. The lowest BCUT2D eigenvalue weighted by atomic mass is 9.90. The summed E-state index contributed by atoms with van der Waals surface area (Å²) in [5.41, 5.74) is 2.12. The number of carbonyl (C=O) groups excluding carboxylic acids is 1. The van der Waals surface area contributed by atoms with Crippen molar-refractivity contribution in [1.82, 2.24) is 10.6 Å². The maximum atomic E-state index is 11.9. The van der Waals surface area contributed by atoms with Gasteiger partial charge < -0.3 is 10.6 Å². The standard InChI is InChI=1S/C14H20N2O/c1-11-3-5-12(6-4-11)13(17)16-10-14(2)7-8-15-9-14/h3-6,15H,7-10H2,1-2H3,(H,16,17). The van der Waals surface area contributed by atoms with E-state index in [1.54, 1.807) is 0 Å². The Morgan fingerprint density at radius 2 is 2.12 bits per heavy atom. The van der Waals surface area contributed by atoms with Crippen LogP contribution in [0.1, 0.15) is 29.3 Å². The summed E-state index contributed by atoms with van der Waals surface area (Å²) in [6.07, 6.45) is 1.13. The molecular formula is C14H20N2O. The Balaban J connectivity index is 1.91. The monoisotopic (exact) mass is 232 g/mol. The topological polar surface area (TPSA) is 41.1 Å². The van der Waals surface area contributed by atoms with E-state index >= 15 is 0 Å². The largest absolute Gasteiger partial charge is 0.351 e. The van der Waals surface area contributed by atoms with E-state index in [-0.39, 0.29) is 11.3 Å². The molecule has 92 valence electrons. The van der Waals surface area contributed by atoms with Crippen LogP contribution >= 0.6 is 0 Å². The highest BCUT2D eigenvalue weighted by Gasteiger charge is 2.28. The summed E-state index contributed by atoms with van der Waals surface area (Å²) < 4.78 is 0. The maximum Gasteiger partial charge on any atom is 0.251 e. The van der Waals surface area contributed by atoms with Crippen molar-refractivity contribution in [3.05, 3.63) is 35.4 Å². The quantitative estimate of drug-likeness (QED) is 0.833. The second kappa shape index (κ2) is 4.88. The van der Waals surface area contributed by atoms with Crippen LogP contribution in [0.4, 0.5) is 0 Å². The van der Waals surface area contributed by atoms with Gasteiger partial charge in [0.05, 0.1) is 0 Å². The van der Waals surface area contributed by atoms with Gasteiger partial charge in [-0.25, -0.2) is 0 Å². The number of hydrogen-bond acceptors (Lipinski definition) is 2. The fourth-order valence-electron chi connectivity index (χ4n) is 2.12. The Morgan fingerprint density at radius 3 is 2.71 bits per heavy atom. The van der Waals surface area contributed by atoms with Gasteiger partial charge in [0.15, 0.2) is 0 Å². The highest BCUT2D eigenvalue weighted by atomic mass is 16.1. The highest BCUT2D eigenvalue weighted by molar-refractivity contribution is 5.94. The molecular weight excluding hydrogens is 212 g/mol. The van der Waals surface area contributed by atoms with Gasteiger partial charge in [0.2, 0.25) is 0 Å². The predicted octanol–water partition coefficient (Wildman–Crippen LogP) is 1.72. The van der Waals surface area contributed by atoms with Crippen LogP contribution in [0.25, 0.3) is 0 Å². The Labute approximate surface area is 103 Å². The molecule has 0 spiro atoms. The molecule has 1 unspecified atom stereocenters. The molecule has 1 heterocycles. The zero-order chi connectivity index (χ0) is 12.3. The van der Waals surface area contributed by atoms with Crippen LogP contribution in [0.15, 0.2) is 24.3 Å². The number of benzene rings is 1. The molecule has 1 amide bonds. The molecule has 3 nitrogen and oxygen atoms in total. The molecule has 1 aromatic carbocycles. The third kappa shape index (κ3) is 3.07. The maximum absolute atomic E-state index is 11.9. The normalized spacial score (nSPS) is 23.6.